The summed E-state index contributed by atoms with van der Waals surface area (Å²) in [4.78, 5) is 36.7. The monoisotopic (exact) mass is 387 g/mol. The molecule has 1 aliphatic rings. The number of H-pyrrole nitrogens is 1. The molecule has 3 aromatic rings. The third kappa shape index (κ3) is 3.55. The molecule has 0 saturated carbocycles. The minimum atomic E-state index is -0.918. The van der Waals surface area contributed by atoms with Gasteiger partial charge in [0.15, 0.2) is 11.5 Å². The number of benzene rings is 1. The SMILES string of the molecule is O=C(/C=C(\[O-])c1cc2c(o1)C(=O)c1ccccc1C2=O)OCc1cn[nH]n1.[Na+]. The van der Waals surface area contributed by atoms with Gasteiger partial charge in [0.05, 0.1) is 11.8 Å². The van der Waals surface area contributed by atoms with Gasteiger partial charge in [-0.1, -0.05) is 30.0 Å². The Morgan fingerprint density at radius 2 is 1.89 bits per heavy atom. The number of carbonyl (C=O) groups excluding carboxylic acids is 3. The molecule has 2 aromatic heterocycles. The summed E-state index contributed by atoms with van der Waals surface area (Å²) in [6, 6.07) is 7.47. The van der Waals surface area contributed by atoms with Crippen LogP contribution in [0.15, 0.2) is 47.0 Å². The van der Waals surface area contributed by atoms with Crippen molar-refractivity contribution >= 4 is 23.3 Å². The Bertz CT molecular complexity index is 1050. The number of ether oxygens (including phenoxy) is 1. The standard InChI is InChI=1S/C18H11N3O6.Na/c22-13(6-15(23)26-8-9-7-19-21-20-9)14-5-12-16(24)10-3-1-2-4-11(10)17(25)18(12)27-14;/h1-7,22H,8H2,(H,19,20,21);/q;+1/p-1/b13-6-;. The van der Waals surface area contributed by atoms with Crippen LogP contribution < -0.4 is 34.7 Å². The fourth-order valence-corrected chi connectivity index (χ4v) is 2.66. The number of aromatic amines is 1. The first-order valence-corrected chi connectivity index (χ1v) is 7.77. The molecule has 2 heterocycles. The van der Waals surface area contributed by atoms with Crippen LogP contribution in [0.3, 0.4) is 0 Å². The summed E-state index contributed by atoms with van der Waals surface area (Å²) >= 11 is 0. The number of furan rings is 1. The van der Waals surface area contributed by atoms with Crippen LogP contribution in [-0.2, 0) is 16.1 Å². The van der Waals surface area contributed by atoms with Crippen molar-refractivity contribution in [1.29, 1.82) is 0 Å². The van der Waals surface area contributed by atoms with Gasteiger partial charge in [-0.05, 0) is 6.07 Å². The van der Waals surface area contributed by atoms with Gasteiger partial charge in [0.1, 0.15) is 18.1 Å². The van der Waals surface area contributed by atoms with E-state index in [1.807, 2.05) is 0 Å². The van der Waals surface area contributed by atoms with Gasteiger partial charge in [0, 0.05) is 17.2 Å². The van der Waals surface area contributed by atoms with E-state index in [9.17, 15) is 19.5 Å². The summed E-state index contributed by atoms with van der Waals surface area (Å²) in [6.45, 7) is -0.167. The Hall–Kier alpha value is -3.01. The van der Waals surface area contributed by atoms with Crippen molar-refractivity contribution in [3.8, 4) is 0 Å². The van der Waals surface area contributed by atoms with Crippen LogP contribution in [0.1, 0.15) is 43.5 Å². The molecule has 0 unspecified atom stereocenters. The van der Waals surface area contributed by atoms with Crippen molar-refractivity contribution in [3.63, 3.8) is 0 Å². The number of rotatable bonds is 4. The first-order chi connectivity index (χ1) is 13.0. The van der Waals surface area contributed by atoms with E-state index in [2.05, 4.69) is 15.4 Å². The maximum Gasteiger partial charge on any atom is 1.00 e. The van der Waals surface area contributed by atoms with Gasteiger partial charge in [0.25, 0.3) is 0 Å². The Morgan fingerprint density at radius 1 is 1.18 bits per heavy atom. The Balaban J connectivity index is 0.00000225. The molecule has 0 spiro atoms. The predicted octanol–water partition coefficient (Wildman–Crippen LogP) is -2.38. The van der Waals surface area contributed by atoms with E-state index in [1.165, 1.54) is 18.3 Å². The van der Waals surface area contributed by atoms with Gasteiger partial charge < -0.3 is 14.3 Å². The van der Waals surface area contributed by atoms with Crippen molar-refractivity contribution in [2.24, 2.45) is 0 Å². The van der Waals surface area contributed by atoms with Crippen LogP contribution in [0.5, 0.6) is 0 Å². The Morgan fingerprint density at radius 3 is 2.57 bits per heavy atom. The number of aromatic nitrogens is 3. The topological polar surface area (TPSA) is 138 Å². The summed E-state index contributed by atoms with van der Waals surface area (Å²) in [5, 5.41) is 21.8. The number of hydrogen-bond acceptors (Lipinski definition) is 8. The Labute approximate surface area is 179 Å². The van der Waals surface area contributed by atoms with Crippen LogP contribution in [0, 0.1) is 0 Å². The van der Waals surface area contributed by atoms with Crippen LogP contribution in [0.25, 0.3) is 5.76 Å². The van der Waals surface area contributed by atoms with Crippen LogP contribution in [-0.4, -0.2) is 32.9 Å². The van der Waals surface area contributed by atoms with Crippen LogP contribution in [0.4, 0.5) is 0 Å². The molecule has 4 rings (SSSR count). The molecule has 1 aromatic carbocycles. The molecule has 0 bridgehead atoms. The second kappa shape index (κ2) is 7.93. The smallest absolute Gasteiger partial charge is 0.870 e. The molecule has 134 valence electrons. The molecule has 0 fully saturated rings. The zero-order chi connectivity index (χ0) is 19.0. The quantitative estimate of drug-likeness (QED) is 0.177. The third-order valence-electron chi connectivity index (χ3n) is 3.92. The zero-order valence-corrected chi connectivity index (χ0v) is 16.6. The van der Waals surface area contributed by atoms with Crippen molar-refractivity contribution in [1.82, 2.24) is 15.4 Å². The number of fused-ring (bicyclic) bond motifs is 2. The number of nitrogens with zero attached hydrogens (tertiary/aromatic N) is 2. The molecule has 28 heavy (non-hydrogen) atoms. The number of nitrogens with one attached hydrogen (secondary N) is 1. The third-order valence-corrected chi connectivity index (χ3v) is 3.92. The summed E-state index contributed by atoms with van der Waals surface area (Å²) in [7, 11) is 0. The number of esters is 1. The van der Waals surface area contributed by atoms with Crippen LogP contribution >= 0.6 is 0 Å². The van der Waals surface area contributed by atoms with E-state index in [0.29, 0.717) is 11.8 Å². The number of ketones is 2. The second-order valence-electron chi connectivity index (χ2n) is 5.63. The largest absolute Gasteiger partial charge is 1.00 e. The molecule has 9 nitrogen and oxygen atoms in total. The minimum Gasteiger partial charge on any atom is -0.870 e. The second-order valence-corrected chi connectivity index (χ2v) is 5.63. The van der Waals surface area contributed by atoms with Crippen molar-refractivity contribution < 1.29 is 58.2 Å². The van der Waals surface area contributed by atoms with E-state index in [4.69, 9.17) is 9.15 Å². The van der Waals surface area contributed by atoms with Gasteiger partial charge in [-0.15, -0.1) is 0 Å². The first kappa shape index (κ1) is 19.7. The fraction of sp³-hybridized carbons (Fsp3) is 0.0556. The summed E-state index contributed by atoms with van der Waals surface area (Å²) in [6.07, 6.45) is 2.04. The molecule has 1 aliphatic carbocycles. The average molecular weight is 387 g/mol. The summed E-state index contributed by atoms with van der Waals surface area (Å²) in [5.41, 5.74) is 0.822. The van der Waals surface area contributed by atoms with Crippen molar-refractivity contribution in [3.05, 3.63) is 76.5 Å². The van der Waals surface area contributed by atoms with E-state index < -0.39 is 23.3 Å². The maximum absolute atomic E-state index is 12.5. The van der Waals surface area contributed by atoms with Gasteiger partial charge in [-0.25, -0.2) is 4.79 Å². The molecule has 0 atom stereocenters. The molecule has 10 heteroatoms. The zero-order valence-electron chi connectivity index (χ0n) is 14.6. The normalized spacial score (nSPS) is 12.8. The molecular formula is C18H10N3NaO6. The minimum absolute atomic E-state index is 0. The molecule has 0 amide bonds. The Kier molecular flexibility index (Phi) is 5.59. The number of carbonyl (C=O) groups is 3. The fourth-order valence-electron chi connectivity index (χ4n) is 2.66. The molecular weight excluding hydrogens is 377 g/mol. The molecule has 0 aliphatic heterocycles. The summed E-state index contributed by atoms with van der Waals surface area (Å²) in [5.74, 6) is -3.17. The molecule has 0 radical (unpaired) electrons. The van der Waals surface area contributed by atoms with Gasteiger partial charge in [0.2, 0.25) is 5.78 Å². The van der Waals surface area contributed by atoms with Gasteiger partial charge in [-0.2, -0.15) is 15.4 Å². The van der Waals surface area contributed by atoms with Gasteiger partial charge in [-0.3, -0.25) is 9.59 Å². The van der Waals surface area contributed by atoms with E-state index in [-0.39, 0.29) is 64.4 Å². The predicted molar refractivity (Wildman–Crippen MR) is 86.2 cm³/mol. The first-order valence-electron chi connectivity index (χ1n) is 7.77. The average Bonchev–Trinajstić information content (AvgIpc) is 3.34. The van der Waals surface area contributed by atoms with E-state index in [0.717, 1.165) is 6.07 Å². The van der Waals surface area contributed by atoms with Gasteiger partial charge >= 0.3 is 35.5 Å². The maximum atomic E-state index is 12.5. The van der Waals surface area contributed by atoms with E-state index in [1.54, 1.807) is 12.1 Å². The molecule has 0 saturated heterocycles. The van der Waals surface area contributed by atoms with Crippen molar-refractivity contribution in [2.75, 3.05) is 0 Å². The van der Waals surface area contributed by atoms with Crippen molar-refractivity contribution in [2.45, 2.75) is 6.61 Å². The van der Waals surface area contributed by atoms with Crippen LogP contribution in [0.2, 0.25) is 0 Å². The summed E-state index contributed by atoms with van der Waals surface area (Å²) < 4.78 is 10.1. The van der Waals surface area contributed by atoms with E-state index >= 15 is 0 Å². The molecule has 1 N–H and O–H groups in total. The number of hydrogen-bond donors (Lipinski definition) is 1.